The van der Waals surface area contributed by atoms with Crippen molar-refractivity contribution in [3.8, 4) is 22.5 Å². The van der Waals surface area contributed by atoms with E-state index in [9.17, 15) is 8.42 Å². The first kappa shape index (κ1) is 21.2. The normalized spacial score (nSPS) is 12.0. The number of para-hydroxylation sites is 2. The predicted octanol–water partition coefficient (Wildman–Crippen LogP) is 3.88. The van der Waals surface area contributed by atoms with E-state index in [2.05, 4.69) is 52.8 Å². The average molecular weight is 435 g/mol. The van der Waals surface area contributed by atoms with Gasteiger partial charge in [-0.3, -0.25) is 0 Å². The number of aromatic nitrogens is 2. The maximum atomic E-state index is 11.4. The van der Waals surface area contributed by atoms with Crippen LogP contribution in [-0.4, -0.2) is 49.1 Å². The number of benzene rings is 3. The van der Waals surface area contributed by atoms with Gasteiger partial charge in [-0.25, -0.2) is 17.7 Å². The molecule has 2 N–H and O–H groups in total. The summed E-state index contributed by atoms with van der Waals surface area (Å²) in [5.74, 6) is 0.864. The lowest BCUT2D eigenvalue weighted by Crippen LogP contribution is -2.32. The van der Waals surface area contributed by atoms with Gasteiger partial charge in [0, 0.05) is 32.2 Å². The molecule has 6 nitrogen and oxygen atoms in total. The SMILES string of the molecule is CN(CCNCc1ccc(-c2cccc(-c3nc4ccccc4[nH]3)c2)cc1)S(C)(=O)=O. The zero-order chi connectivity index (χ0) is 21.8. The monoisotopic (exact) mass is 434 g/mol. The Hall–Kier alpha value is -3.00. The largest absolute Gasteiger partial charge is 0.338 e. The summed E-state index contributed by atoms with van der Waals surface area (Å²) in [6.07, 6.45) is 1.22. The molecule has 0 fully saturated rings. The summed E-state index contributed by atoms with van der Waals surface area (Å²) < 4.78 is 24.2. The van der Waals surface area contributed by atoms with Crippen LogP contribution in [0.25, 0.3) is 33.5 Å². The van der Waals surface area contributed by atoms with E-state index in [-0.39, 0.29) is 0 Å². The summed E-state index contributed by atoms with van der Waals surface area (Å²) >= 11 is 0. The summed E-state index contributed by atoms with van der Waals surface area (Å²) in [4.78, 5) is 8.08. The molecule has 0 radical (unpaired) electrons. The van der Waals surface area contributed by atoms with E-state index in [4.69, 9.17) is 4.98 Å². The number of H-pyrrole nitrogens is 1. The smallest absolute Gasteiger partial charge is 0.210 e. The van der Waals surface area contributed by atoms with Crippen LogP contribution in [0.5, 0.6) is 0 Å². The van der Waals surface area contributed by atoms with E-state index in [1.807, 2.05) is 30.3 Å². The molecule has 0 atom stereocenters. The highest BCUT2D eigenvalue weighted by atomic mass is 32.2. The second-order valence-electron chi connectivity index (χ2n) is 7.64. The van der Waals surface area contributed by atoms with Crippen LogP contribution in [0.2, 0.25) is 0 Å². The molecule has 4 rings (SSSR count). The topological polar surface area (TPSA) is 78.1 Å². The minimum atomic E-state index is -3.13. The molecule has 7 heteroatoms. The van der Waals surface area contributed by atoms with E-state index >= 15 is 0 Å². The molecule has 3 aromatic carbocycles. The zero-order valence-corrected chi connectivity index (χ0v) is 18.5. The first-order valence-electron chi connectivity index (χ1n) is 10.2. The summed E-state index contributed by atoms with van der Waals surface area (Å²) in [5.41, 5.74) is 6.46. The first-order valence-corrected chi connectivity index (χ1v) is 12.0. The van der Waals surface area contributed by atoms with Crippen molar-refractivity contribution in [2.75, 3.05) is 26.4 Å². The molecule has 0 aliphatic carbocycles. The van der Waals surface area contributed by atoms with Crippen LogP contribution in [0, 0.1) is 0 Å². The van der Waals surface area contributed by atoms with Crippen LogP contribution < -0.4 is 5.32 Å². The third-order valence-corrected chi connectivity index (χ3v) is 6.63. The Labute approximate surface area is 183 Å². The molecular formula is C24H26N4O2S. The van der Waals surface area contributed by atoms with Crippen LogP contribution in [0.1, 0.15) is 5.56 Å². The van der Waals surface area contributed by atoms with Crippen LogP contribution in [0.4, 0.5) is 0 Å². The minimum Gasteiger partial charge on any atom is -0.338 e. The Bertz CT molecular complexity index is 1250. The van der Waals surface area contributed by atoms with E-state index < -0.39 is 10.0 Å². The number of hydrogen-bond donors (Lipinski definition) is 2. The van der Waals surface area contributed by atoms with Crippen molar-refractivity contribution in [2.24, 2.45) is 0 Å². The third-order valence-electron chi connectivity index (χ3n) is 5.31. The van der Waals surface area contributed by atoms with Crippen LogP contribution in [0.3, 0.4) is 0 Å². The van der Waals surface area contributed by atoms with Gasteiger partial charge in [0.05, 0.1) is 17.3 Å². The Morgan fingerprint density at radius 1 is 0.935 bits per heavy atom. The molecule has 0 amide bonds. The van der Waals surface area contributed by atoms with Gasteiger partial charge in [0.2, 0.25) is 10.0 Å². The molecule has 0 unspecified atom stereocenters. The number of imidazole rings is 1. The Balaban J connectivity index is 1.41. The van der Waals surface area contributed by atoms with Crippen molar-refractivity contribution in [2.45, 2.75) is 6.54 Å². The molecule has 0 aliphatic rings. The number of nitrogens with zero attached hydrogens (tertiary/aromatic N) is 2. The first-order chi connectivity index (χ1) is 14.9. The van der Waals surface area contributed by atoms with Gasteiger partial charge in [-0.2, -0.15) is 0 Å². The number of nitrogens with one attached hydrogen (secondary N) is 2. The Morgan fingerprint density at radius 2 is 1.68 bits per heavy atom. The van der Waals surface area contributed by atoms with Crippen molar-refractivity contribution in [1.82, 2.24) is 19.6 Å². The molecule has 1 aromatic heterocycles. The molecule has 0 bridgehead atoms. The van der Waals surface area contributed by atoms with E-state index in [0.29, 0.717) is 19.6 Å². The highest BCUT2D eigenvalue weighted by molar-refractivity contribution is 7.88. The van der Waals surface area contributed by atoms with Crippen molar-refractivity contribution >= 4 is 21.1 Å². The summed E-state index contributed by atoms with van der Waals surface area (Å²) in [7, 11) is -1.54. The van der Waals surface area contributed by atoms with Gasteiger partial charge in [0.25, 0.3) is 0 Å². The zero-order valence-electron chi connectivity index (χ0n) is 17.7. The lowest BCUT2D eigenvalue weighted by Gasteiger charge is -2.14. The van der Waals surface area contributed by atoms with E-state index in [1.54, 1.807) is 7.05 Å². The highest BCUT2D eigenvalue weighted by Crippen LogP contribution is 2.26. The second kappa shape index (κ2) is 9.01. The maximum Gasteiger partial charge on any atom is 0.210 e. The van der Waals surface area contributed by atoms with E-state index in [0.717, 1.165) is 39.1 Å². The average Bonchev–Trinajstić information content (AvgIpc) is 3.21. The lowest BCUT2D eigenvalue weighted by molar-refractivity contribution is 0.463. The van der Waals surface area contributed by atoms with Gasteiger partial charge in [-0.05, 0) is 34.9 Å². The van der Waals surface area contributed by atoms with Crippen molar-refractivity contribution < 1.29 is 8.42 Å². The van der Waals surface area contributed by atoms with Gasteiger partial charge in [0.1, 0.15) is 5.82 Å². The molecule has 0 aliphatic heterocycles. The van der Waals surface area contributed by atoms with Crippen LogP contribution in [0.15, 0.2) is 72.8 Å². The van der Waals surface area contributed by atoms with Gasteiger partial charge >= 0.3 is 0 Å². The van der Waals surface area contributed by atoms with Crippen LogP contribution >= 0.6 is 0 Å². The standard InChI is InChI=1S/C24H26N4O2S/c1-28(31(2,29)30)15-14-25-17-18-10-12-19(13-11-18)20-6-5-7-21(16-20)24-26-22-8-3-4-9-23(22)27-24/h3-13,16,25H,14-15,17H2,1-2H3,(H,26,27). The molecule has 0 spiro atoms. The summed E-state index contributed by atoms with van der Waals surface area (Å²) in [5, 5.41) is 3.29. The molecule has 31 heavy (non-hydrogen) atoms. The molecular weight excluding hydrogens is 408 g/mol. The molecule has 0 saturated heterocycles. The predicted molar refractivity (Wildman–Crippen MR) is 126 cm³/mol. The molecule has 4 aromatic rings. The van der Waals surface area contributed by atoms with Gasteiger partial charge in [-0.1, -0.05) is 54.6 Å². The fourth-order valence-corrected chi connectivity index (χ4v) is 3.81. The van der Waals surface area contributed by atoms with Crippen molar-refractivity contribution in [1.29, 1.82) is 0 Å². The van der Waals surface area contributed by atoms with Crippen molar-refractivity contribution in [3.05, 3.63) is 78.4 Å². The van der Waals surface area contributed by atoms with Gasteiger partial charge in [-0.15, -0.1) is 0 Å². The number of fused-ring (bicyclic) bond motifs is 1. The van der Waals surface area contributed by atoms with Gasteiger partial charge < -0.3 is 10.3 Å². The van der Waals surface area contributed by atoms with Gasteiger partial charge in [0.15, 0.2) is 0 Å². The number of aromatic amines is 1. The quantitative estimate of drug-likeness (QED) is 0.413. The second-order valence-corrected chi connectivity index (χ2v) is 9.73. The third kappa shape index (κ3) is 5.19. The Kier molecular flexibility index (Phi) is 6.18. The van der Waals surface area contributed by atoms with E-state index in [1.165, 1.54) is 10.6 Å². The maximum absolute atomic E-state index is 11.4. The molecule has 0 saturated carbocycles. The summed E-state index contributed by atoms with van der Waals surface area (Å²) in [6.45, 7) is 1.74. The van der Waals surface area contributed by atoms with Crippen molar-refractivity contribution in [3.63, 3.8) is 0 Å². The number of likely N-dealkylation sites (N-methyl/N-ethyl adjacent to an activating group) is 1. The summed E-state index contributed by atoms with van der Waals surface area (Å²) in [6, 6.07) is 24.8. The molecule has 1 heterocycles. The number of rotatable bonds is 8. The fraction of sp³-hybridized carbons (Fsp3) is 0.208. The Morgan fingerprint density at radius 3 is 2.42 bits per heavy atom. The van der Waals surface area contributed by atoms with Crippen LogP contribution in [-0.2, 0) is 16.6 Å². The minimum absolute atomic E-state index is 0.450. The number of sulfonamides is 1. The number of hydrogen-bond acceptors (Lipinski definition) is 4. The highest BCUT2D eigenvalue weighted by Gasteiger charge is 2.09. The lowest BCUT2D eigenvalue weighted by atomic mass is 10.0. The molecule has 160 valence electrons. The fourth-order valence-electron chi connectivity index (χ4n) is 3.39.